The number of halogens is 1. The number of piperidine rings is 1. The van der Waals surface area contributed by atoms with Gasteiger partial charge in [-0.25, -0.2) is 0 Å². The minimum absolute atomic E-state index is 0.0234. The molecule has 0 bridgehead atoms. The fourth-order valence-electron chi connectivity index (χ4n) is 2.91. The molecule has 0 aliphatic carbocycles. The maximum Gasteiger partial charge on any atom is 0.303 e. The van der Waals surface area contributed by atoms with Crippen LogP contribution < -0.4 is 0 Å². The van der Waals surface area contributed by atoms with Gasteiger partial charge < -0.3 is 10.0 Å². The lowest BCUT2D eigenvalue weighted by atomic mass is 9.84. The van der Waals surface area contributed by atoms with Crippen molar-refractivity contribution in [3.05, 3.63) is 34.9 Å². The van der Waals surface area contributed by atoms with Gasteiger partial charge in [0.15, 0.2) is 0 Å². The number of carbonyl (C=O) groups excluding carboxylic acids is 1. The van der Waals surface area contributed by atoms with Gasteiger partial charge in [0, 0.05) is 30.1 Å². The van der Waals surface area contributed by atoms with Crippen LogP contribution in [-0.4, -0.2) is 35.0 Å². The number of carboxylic acid groups (broad SMARTS) is 1. The molecule has 1 aromatic rings. The molecular weight excluding hydrogens is 290 g/mol. The number of likely N-dealkylation sites (tertiary alicyclic amines) is 1. The summed E-state index contributed by atoms with van der Waals surface area (Å²) in [6.45, 7) is 3.30. The molecule has 0 spiro atoms. The van der Waals surface area contributed by atoms with Crippen LogP contribution in [0, 0.1) is 11.8 Å². The molecule has 114 valence electrons. The number of rotatable bonds is 4. The van der Waals surface area contributed by atoms with Crippen molar-refractivity contribution in [3.8, 4) is 0 Å². The molecule has 1 aromatic carbocycles. The van der Waals surface area contributed by atoms with Crippen LogP contribution in [-0.2, 0) is 4.79 Å². The Labute approximate surface area is 129 Å². The van der Waals surface area contributed by atoms with Crippen LogP contribution in [0.5, 0.6) is 0 Å². The smallest absolute Gasteiger partial charge is 0.303 e. The Balaban J connectivity index is 2.03. The van der Waals surface area contributed by atoms with Gasteiger partial charge in [-0.2, -0.15) is 0 Å². The van der Waals surface area contributed by atoms with Crippen molar-refractivity contribution in [2.45, 2.75) is 26.2 Å². The zero-order valence-corrected chi connectivity index (χ0v) is 12.8. The summed E-state index contributed by atoms with van der Waals surface area (Å²) in [5.41, 5.74) is 0.592. The number of aliphatic carboxylic acids is 1. The molecule has 1 N–H and O–H groups in total. The summed E-state index contributed by atoms with van der Waals surface area (Å²) in [5.74, 6) is -0.471. The molecule has 2 rings (SSSR count). The SMILES string of the molecule is CC(CC(=O)O)C1CCCN(C(=O)c2cccc(Cl)c2)C1. The van der Waals surface area contributed by atoms with Gasteiger partial charge in [0.2, 0.25) is 0 Å². The zero-order chi connectivity index (χ0) is 15.4. The molecule has 2 unspecified atom stereocenters. The highest BCUT2D eigenvalue weighted by Crippen LogP contribution is 2.27. The number of hydrogen-bond acceptors (Lipinski definition) is 2. The predicted octanol–water partition coefficient (Wildman–Crippen LogP) is 3.30. The van der Waals surface area contributed by atoms with Crippen molar-refractivity contribution in [3.63, 3.8) is 0 Å². The molecule has 1 aliphatic rings. The Bertz CT molecular complexity index is 532. The molecule has 1 amide bonds. The molecule has 1 fully saturated rings. The first kappa shape index (κ1) is 15.8. The predicted molar refractivity (Wildman–Crippen MR) is 81.5 cm³/mol. The van der Waals surface area contributed by atoms with E-state index in [1.54, 1.807) is 24.3 Å². The number of nitrogens with zero attached hydrogens (tertiary/aromatic N) is 1. The first-order chi connectivity index (χ1) is 9.97. The lowest BCUT2D eigenvalue weighted by molar-refractivity contribution is -0.138. The van der Waals surface area contributed by atoms with Gasteiger partial charge in [0.1, 0.15) is 0 Å². The average molecular weight is 310 g/mol. The monoisotopic (exact) mass is 309 g/mol. The van der Waals surface area contributed by atoms with Gasteiger partial charge >= 0.3 is 5.97 Å². The van der Waals surface area contributed by atoms with Crippen LogP contribution in [0.15, 0.2) is 24.3 Å². The first-order valence-electron chi connectivity index (χ1n) is 7.24. The van der Waals surface area contributed by atoms with Crippen molar-refractivity contribution in [1.82, 2.24) is 4.90 Å². The molecule has 5 heteroatoms. The summed E-state index contributed by atoms with van der Waals surface area (Å²) in [7, 11) is 0. The highest BCUT2D eigenvalue weighted by Gasteiger charge is 2.28. The maximum absolute atomic E-state index is 12.5. The summed E-state index contributed by atoms with van der Waals surface area (Å²) >= 11 is 5.93. The van der Waals surface area contributed by atoms with Crippen LogP contribution >= 0.6 is 11.6 Å². The first-order valence-corrected chi connectivity index (χ1v) is 7.62. The normalized spacial score (nSPS) is 20.1. The maximum atomic E-state index is 12.5. The van der Waals surface area contributed by atoms with E-state index in [2.05, 4.69) is 0 Å². The number of carboxylic acids is 1. The third-order valence-electron chi connectivity index (χ3n) is 4.12. The Morgan fingerprint density at radius 3 is 2.90 bits per heavy atom. The Hall–Kier alpha value is -1.55. The van der Waals surface area contributed by atoms with E-state index >= 15 is 0 Å². The summed E-state index contributed by atoms with van der Waals surface area (Å²) in [6.07, 6.45) is 2.05. The van der Waals surface area contributed by atoms with E-state index in [0.29, 0.717) is 17.1 Å². The van der Waals surface area contributed by atoms with E-state index in [-0.39, 0.29) is 24.2 Å². The van der Waals surface area contributed by atoms with E-state index in [0.717, 1.165) is 19.4 Å². The van der Waals surface area contributed by atoms with Crippen molar-refractivity contribution < 1.29 is 14.7 Å². The lowest BCUT2D eigenvalue weighted by Crippen LogP contribution is -2.42. The second-order valence-corrected chi connectivity index (χ2v) is 6.18. The number of amides is 1. The quantitative estimate of drug-likeness (QED) is 0.928. The van der Waals surface area contributed by atoms with E-state index in [1.807, 2.05) is 11.8 Å². The molecule has 0 radical (unpaired) electrons. The van der Waals surface area contributed by atoms with Gasteiger partial charge in [-0.15, -0.1) is 0 Å². The summed E-state index contributed by atoms with van der Waals surface area (Å²) in [5, 5.41) is 9.45. The number of carbonyl (C=O) groups is 2. The van der Waals surface area contributed by atoms with Crippen molar-refractivity contribution in [2.24, 2.45) is 11.8 Å². The lowest BCUT2D eigenvalue weighted by Gasteiger charge is -2.35. The summed E-state index contributed by atoms with van der Waals surface area (Å²) in [6, 6.07) is 6.95. The second-order valence-electron chi connectivity index (χ2n) is 5.74. The number of benzene rings is 1. The van der Waals surface area contributed by atoms with Crippen LogP contribution in [0.1, 0.15) is 36.5 Å². The van der Waals surface area contributed by atoms with E-state index in [4.69, 9.17) is 16.7 Å². The molecule has 4 nitrogen and oxygen atoms in total. The van der Waals surface area contributed by atoms with Crippen LogP contribution in [0.25, 0.3) is 0 Å². The van der Waals surface area contributed by atoms with Crippen molar-refractivity contribution >= 4 is 23.5 Å². The average Bonchev–Trinajstić information content (AvgIpc) is 2.46. The Morgan fingerprint density at radius 1 is 1.48 bits per heavy atom. The van der Waals surface area contributed by atoms with Crippen molar-refractivity contribution in [1.29, 1.82) is 0 Å². The molecule has 0 saturated carbocycles. The van der Waals surface area contributed by atoms with Gasteiger partial charge in [-0.3, -0.25) is 9.59 Å². The Kier molecular flexibility index (Phi) is 5.23. The van der Waals surface area contributed by atoms with Gasteiger partial charge in [0.25, 0.3) is 5.91 Å². The molecule has 2 atom stereocenters. The summed E-state index contributed by atoms with van der Waals surface area (Å²) in [4.78, 5) is 25.1. The molecule has 1 saturated heterocycles. The number of hydrogen-bond donors (Lipinski definition) is 1. The van der Waals surface area contributed by atoms with E-state index < -0.39 is 5.97 Å². The molecular formula is C16H20ClNO3. The van der Waals surface area contributed by atoms with Gasteiger partial charge in [0.05, 0.1) is 0 Å². The van der Waals surface area contributed by atoms with E-state index in [1.165, 1.54) is 0 Å². The minimum atomic E-state index is -0.777. The highest BCUT2D eigenvalue weighted by atomic mass is 35.5. The van der Waals surface area contributed by atoms with Crippen LogP contribution in [0.4, 0.5) is 0 Å². The fourth-order valence-corrected chi connectivity index (χ4v) is 3.10. The van der Waals surface area contributed by atoms with Crippen molar-refractivity contribution in [2.75, 3.05) is 13.1 Å². The van der Waals surface area contributed by atoms with Crippen LogP contribution in [0.3, 0.4) is 0 Å². The molecule has 1 aliphatic heterocycles. The molecule has 1 heterocycles. The standard InChI is InChI=1S/C16H20ClNO3/c1-11(8-15(19)20)13-5-3-7-18(10-13)16(21)12-4-2-6-14(17)9-12/h2,4,6,9,11,13H,3,5,7-8,10H2,1H3,(H,19,20). The third kappa shape index (κ3) is 4.21. The summed E-state index contributed by atoms with van der Waals surface area (Å²) < 4.78 is 0. The largest absolute Gasteiger partial charge is 0.481 e. The highest BCUT2D eigenvalue weighted by molar-refractivity contribution is 6.30. The fraction of sp³-hybridized carbons (Fsp3) is 0.500. The second kappa shape index (κ2) is 6.94. The molecule has 0 aromatic heterocycles. The zero-order valence-electron chi connectivity index (χ0n) is 12.1. The third-order valence-corrected chi connectivity index (χ3v) is 4.35. The topological polar surface area (TPSA) is 57.6 Å². The molecule has 21 heavy (non-hydrogen) atoms. The minimum Gasteiger partial charge on any atom is -0.481 e. The van der Waals surface area contributed by atoms with Crippen LogP contribution in [0.2, 0.25) is 5.02 Å². The Morgan fingerprint density at radius 2 is 2.24 bits per heavy atom. The van der Waals surface area contributed by atoms with E-state index in [9.17, 15) is 9.59 Å². The van der Waals surface area contributed by atoms with Gasteiger partial charge in [-0.1, -0.05) is 24.6 Å². The van der Waals surface area contributed by atoms with Gasteiger partial charge in [-0.05, 0) is 42.9 Å².